The number of hydrogen-bond donors (Lipinski definition) is 3. The first-order valence-electron chi connectivity index (χ1n) is 9.60. The van der Waals surface area contributed by atoms with E-state index in [9.17, 15) is 9.59 Å². The van der Waals surface area contributed by atoms with Gasteiger partial charge in [0.05, 0.1) is 0 Å². The van der Waals surface area contributed by atoms with Gasteiger partial charge in [0.2, 0.25) is 0 Å². The standard InChI is InChI=1S/C20H27N3O2/c24-19(23-17-9-10-17)16-3-1-13(2-4-16)11-21-20(25)22-12-18(14-5-6-14)15-7-8-15/h1-4,14-15,17-18H,5-12H2,(H,23,24)(H2,21,22,25). The van der Waals surface area contributed by atoms with E-state index >= 15 is 0 Å². The van der Waals surface area contributed by atoms with Gasteiger partial charge in [0, 0.05) is 24.7 Å². The Labute approximate surface area is 148 Å². The van der Waals surface area contributed by atoms with Crippen LogP contribution in [0, 0.1) is 17.8 Å². The fourth-order valence-corrected chi connectivity index (χ4v) is 3.49. The summed E-state index contributed by atoms with van der Waals surface area (Å²) in [5.74, 6) is 2.38. The smallest absolute Gasteiger partial charge is 0.315 e. The Morgan fingerprint density at radius 2 is 1.56 bits per heavy atom. The molecule has 0 bridgehead atoms. The molecule has 0 unspecified atom stereocenters. The minimum absolute atomic E-state index is 0.00838. The van der Waals surface area contributed by atoms with Crippen LogP contribution in [-0.2, 0) is 6.54 Å². The lowest BCUT2D eigenvalue weighted by Crippen LogP contribution is -2.38. The van der Waals surface area contributed by atoms with Crippen molar-refractivity contribution in [2.75, 3.05) is 6.54 Å². The van der Waals surface area contributed by atoms with Gasteiger partial charge in [-0.05, 0) is 74.0 Å². The summed E-state index contributed by atoms with van der Waals surface area (Å²) in [5, 5.41) is 8.93. The Bertz CT molecular complexity index is 619. The van der Waals surface area contributed by atoms with Crippen LogP contribution in [0.1, 0.15) is 54.4 Å². The fraction of sp³-hybridized carbons (Fsp3) is 0.600. The van der Waals surface area contributed by atoms with Crippen molar-refractivity contribution in [3.05, 3.63) is 35.4 Å². The molecule has 1 aromatic carbocycles. The maximum absolute atomic E-state index is 12.0. The molecule has 0 aliphatic heterocycles. The van der Waals surface area contributed by atoms with Gasteiger partial charge in [-0.2, -0.15) is 0 Å². The van der Waals surface area contributed by atoms with Gasteiger partial charge in [-0.3, -0.25) is 4.79 Å². The summed E-state index contributed by atoms with van der Waals surface area (Å²) >= 11 is 0. The summed E-state index contributed by atoms with van der Waals surface area (Å²) in [6, 6.07) is 7.72. The number of hydrogen-bond acceptors (Lipinski definition) is 2. The first kappa shape index (κ1) is 16.4. The molecule has 3 aliphatic rings. The number of amides is 3. The van der Waals surface area contributed by atoms with Crippen molar-refractivity contribution in [2.45, 2.75) is 51.1 Å². The lowest BCUT2D eigenvalue weighted by atomic mass is 9.98. The monoisotopic (exact) mass is 341 g/mol. The molecule has 3 saturated carbocycles. The van der Waals surface area contributed by atoms with Crippen molar-refractivity contribution in [2.24, 2.45) is 17.8 Å². The van der Waals surface area contributed by atoms with E-state index in [1.54, 1.807) is 0 Å². The molecule has 25 heavy (non-hydrogen) atoms. The minimum atomic E-state index is -0.0955. The molecule has 0 spiro atoms. The zero-order chi connectivity index (χ0) is 17.2. The van der Waals surface area contributed by atoms with Gasteiger partial charge >= 0.3 is 6.03 Å². The molecule has 3 fully saturated rings. The molecule has 134 valence electrons. The van der Waals surface area contributed by atoms with Crippen molar-refractivity contribution >= 4 is 11.9 Å². The number of nitrogens with one attached hydrogen (secondary N) is 3. The summed E-state index contributed by atoms with van der Waals surface area (Å²) in [4.78, 5) is 24.0. The Kier molecular flexibility index (Phi) is 4.64. The van der Waals surface area contributed by atoms with Crippen LogP contribution < -0.4 is 16.0 Å². The Hall–Kier alpha value is -2.04. The van der Waals surface area contributed by atoms with Crippen LogP contribution >= 0.6 is 0 Å². The van der Waals surface area contributed by atoms with Gasteiger partial charge in [-0.25, -0.2) is 4.79 Å². The molecular weight excluding hydrogens is 314 g/mol. The average Bonchev–Trinajstić information content (AvgIpc) is 3.47. The molecule has 3 N–H and O–H groups in total. The van der Waals surface area contributed by atoms with E-state index in [-0.39, 0.29) is 11.9 Å². The highest BCUT2D eigenvalue weighted by atomic mass is 16.2. The van der Waals surface area contributed by atoms with Crippen LogP contribution in [0.3, 0.4) is 0 Å². The highest BCUT2D eigenvalue weighted by molar-refractivity contribution is 5.94. The third-order valence-corrected chi connectivity index (χ3v) is 5.54. The molecule has 0 radical (unpaired) electrons. The minimum Gasteiger partial charge on any atom is -0.349 e. The Morgan fingerprint density at radius 1 is 0.920 bits per heavy atom. The lowest BCUT2D eigenvalue weighted by molar-refractivity contribution is 0.0951. The van der Waals surface area contributed by atoms with E-state index in [0.717, 1.165) is 36.8 Å². The summed E-state index contributed by atoms with van der Waals surface area (Å²) in [7, 11) is 0. The number of rotatable bonds is 8. The zero-order valence-corrected chi connectivity index (χ0v) is 14.6. The molecule has 3 aliphatic carbocycles. The van der Waals surface area contributed by atoms with E-state index < -0.39 is 0 Å². The third kappa shape index (κ3) is 4.74. The quantitative estimate of drug-likeness (QED) is 0.680. The molecule has 4 rings (SSSR count). The van der Waals surface area contributed by atoms with Crippen LogP contribution in [0.15, 0.2) is 24.3 Å². The van der Waals surface area contributed by atoms with Crippen LogP contribution in [0.5, 0.6) is 0 Å². The predicted molar refractivity (Wildman–Crippen MR) is 96.1 cm³/mol. The van der Waals surface area contributed by atoms with E-state index in [1.807, 2.05) is 24.3 Å². The average molecular weight is 341 g/mol. The highest BCUT2D eigenvalue weighted by Crippen LogP contribution is 2.48. The SMILES string of the molecule is O=C(NCc1ccc(C(=O)NC2CC2)cc1)NCC(C1CC1)C1CC1. The molecule has 0 heterocycles. The van der Waals surface area contributed by atoms with Crippen LogP contribution in [0.25, 0.3) is 0 Å². The van der Waals surface area contributed by atoms with Crippen molar-refractivity contribution in [3.8, 4) is 0 Å². The molecule has 5 nitrogen and oxygen atoms in total. The second kappa shape index (κ2) is 7.06. The van der Waals surface area contributed by atoms with Crippen molar-refractivity contribution in [1.82, 2.24) is 16.0 Å². The van der Waals surface area contributed by atoms with Gasteiger partial charge in [0.1, 0.15) is 0 Å². The molecule has 1 aromatic rings. The number of benzene rings is 1. The Balaban J connectivity index is 1.19. The third-order valence-electron chi connectivity index (χ3n) is 5.54. The second-order valence-electron chi connectivity index (χ2n) is 7.85. The van der Waals surface area contributed by atoms with Crippen molar-refractivity contribution in [3.63, 3.8) is 0 Å². The second-order valence-corrected chi connectivity index (χ2v) is 7.85. The molecule has 3 amide bonds. The van der Waals surface area contributed by atoms with Gasteiger partial charge in [0.25, 0.3) is 5.91 Å². The van der Waals surface area contributed by atoms with Crippen molar-refractivity contribution < 1.29 is 9.59 Å². The summed E-state index contributed by atoms with van der Waals surface area (Å²) in [6.07, 6.45) is 7.53. The summed E-state index contributed by atoms with van der Waals surface area (Å²) < 4.78 is 0. The predicted octanol–water partition coefficient (Wildman–Crippen LogP) is 2.81. The van der Waals surface area contributed by atoms with E-state index in [1.165, 1.54) is 25.7 Å². The maximum Gasteiger partial charge on any atom is 0.315 e. The normalized spacial score (nSPS) is 19.6. The molecule has 0 aromatic heterocycles. The largest absolute Gasteiger partial charge is 0.349 e. The highest BCUT2D eigenvalue weighted by Gasteiger charge is 2.41. The first-order chi connectivity index (χ1) is 12.2. The first-order valence-corrected chi connectivity index (χ1v) is 9.60. The number of urea groups is 1. The number of carbonyl (C=O) groups excluding carboxylic acids is 2. The summed E-state index contributed by atoms with van der Waals surface area (Å²) in [5.41, 5.74) is 1.68. The van der Waals surface area contributed by atoms with Crippen LogP contribution in [0.2, 0.25) is 0 Å². The molecule has 0 atom stereocenters. The van der Waals surface area contributed by atoms with E-state index in [2.05, 4.69) is 16.0 Å². The lowest BCUT2D eigenvalue weighted by Gasteiger charge is -2.16. The topological polar surface area (TPSA) is 70.2 Å². The summed E-state index contributed by atoms with van der Waals surface area (Å²) in [6.45, 7) is 1.29. The van der Waals surface area contributed by atoms with Gasteiger partial charge in [0.15, 0.2) is 0 Å². The van der Waals surface area contributed by atoms with Gasteiger partial charge in [-0.1, -0.05) is 12.1 Å². The zero-order valence-electron chi connectivity index (χ0n) is 14.6. The fourth-order valence-electron chi connectivity index (χ4n) is 3.49. The maximum atomic E-state index is 12.0. The van der Waals surface area contributed by atoms with Crippen LogP contribution in [-0.4, -0.2) is 24.5 Å². The number of carbonyl (C=O) groups is 2. The van der Waals surface area contributed by atoms with Crippen LogP contribution in [0.4, 0.5) is 4.79 Å². The van der Waals surface area contributed by atoms with Gasteiger partial charge in [-0.15, -0.1) is 0 Å². The van der Waals surface area contributed by atoms with Gasteiger partial charge < -0.3 is 16.0 Å². The molecular formula is C20H27N3O2. The van der Waals surface area contributed by atoms with E-state index in [0.29, 0.717) is 24.1 Å². The Morgan fingerprint density at radius 3 is 2.12 bits per heavy atom. The van der Waals surface area contributed by atoms with Crippen molar-refractivity contribution in [1.29, 1.82) is 0 Å². The molecule has 0 saturated heterocycles. The van der Waals surface area contributed by atoms with E-state index in [4.69, 9.17) is 0 Å². The molecule has 5 heteroatoms.